The summed E-state index contributed by atoms with van der Waals surface area (Å²) in [5.74, 6) is -0.536. The molecule has 0 aliphatic carbocycles. The molecule has 6 heteroatoms. The Morgan fingerprint density at radius 1 is 1.04 bits per heavy atom. The molecule has 118 valence electrons. The topological polar surface area (TPSA) is 86.1 Å². The molecule has 0 unspecified atom stereocenters. The molecule has 0 aromatic heterocycles. The summed E-state index contributed by atoms with van der Waals surface area (Å²) < 4.78 is 0. The van der Waals surface area contributed by atoms with Gasteiger partial charge in [0.25, 0.3) is 5.91 Å². The molecular formula is C17H18N4O2. The van der Waals surface area contributed by atoms with Crippen molar-refractivity contribution in [2.75, 3.05) is 10.7 Å². The second-order valence-corrected chi connectivity index (χ2v) is 4.89. The molecular weight excluding hydrogens is 292 g/mol. The SMILES string of the molecule is CC(=N\Nc1ccccc1C)/C(=N/O)C(=O)Nc1ccccc1. The van der Waals surface area contributed by atoms with Crippen molar-refractivity contribution in [2.24, 2.45) is 10.3 Å². The minimum atomic E-state index is -0.536. The van der Waals surface area contributed by atoms with Crippen molar-refractivity contribution < 1.29 is 10.0 Å². The molecule has 0 spiro atoms. The molecule has 0 atom stereocenters. The standard InChI is InChI=1S/C17H18N4O2/c1-12-8-6-7-11-15(12)20-19-13(2)16(21-23)17(22)18-14-9-4-3-5-10-14/h3-11,20,23H,1-2H3,(H,18,22)/b19-13+,21-16-. The maximum atomic E-state index is 12.2. The zero-order chi connectivity index (χ0) is 16.7. The van der Waals surface area contributed by atoms with Crippen molar-refractivity contribution in [1.29, 1.82) is 0 Å². The van der Waals surface area contributed by atoms with Gasteiger partial charge in [0.1, 0.15) is 0 Å². The van der Waals surface area contributed by atoms with Gasteiger partial charge in [-0.2, -0.15) is 5.10 Å². The van der Waals surface area contributed by atoms with Crippen LogP contribution in [0.2, 0.25) is 0 Å². The second-order valence-electron chi connectivity index (χ2n) is 4.89. The van der Waals surface area contributed by atoms with Gasteiger partial charge in [-0.3, -0.25) is 10.2 Å². The first kappa shape index (κ1) is 16.2. The molecule has 0 aliphatic heterocycles. The van der Waals surface area contributed by atoms with Crippen molar-refractivity contribution in [1.82, 2.24) is 0 Å². The van der Waals surface area contributed by atoms with Crippen LogP contribution < -0.4 is 10.7 Å². The Morgan fingerprint density at radius 3 is 2.35 bits per heavy atom. The van der Waals surface area contributed by atoms with E-state index >= 15 is 0 Å². The number of nitrogens with zero attached hydrogens (tertiary/aromatic N) is 2. The number of amides is 1. The average molecular weight is 310 g/mol. The van der Waals surface area contributed by atoms with Crippen LogP contribution >= 0.6 is 0 Å². The second kappa shape index (κ2) is 7.74. The predicted octanol–water partition coefficient (Wildman–Crippen LogP) is 3.25. The molecule has 0 heterocycles. The highest BCUT2D eigenvalue weighted by Crippen LogP contribution is 2.13. The van der Waals surface area contributed by atoms with Crippen LogP contribution in [0.3, 0.4) is 0 Å². The third-order valence-electron chi connectivity index (χ3n) is 3.18. The molecule has 0 fully saturated rings. The number of hydrazone groups is 1. The first-order valence-electron chi connectivity index (χ1n) is 7.06. The summed E-state index contributed by atoms with van der Waals surface area (Å²) in [5, 5.41) is 18.9. The van der Waals surface area contributed by atoms with Gasteiger partial charge < -0.3 is 10.5 Å². The number of carbonyl (C=O) groups excluding carboxylic acids is 1. The molecule has 6 nitrogen and oxygen atoms in total. The Balaban J connectivity index is 2.09. The van der Waals surface area contributed by atoms with Crippen LogP contribution in [0, 0.1) is 6.92 Å². The number of anilines is 2. The molecule has 2 aromatic rings. The van der Waals surface area contributed by atoms with Crippen molar-refractivity contribution in [3.8, 4) is 0 Å². The number of rotatable bonds is 5. The van der Waals surface area contributed by atoms with E-state index in [0.29, 0.717) is 5.69 Å². The number of nitrogens with one attached hydrogen (secondary N) is 2. The highest BCUT2D eigenvalue weighted by atomic mass is 16.4. The highest BCUT2D eigenvalue weighted by Gasteiger charge is 2.16. The van der Waals surface area contributed by atoms with Gasteiger partial charge in [-0.05, 0) is 37.6 Å². The Hall–Kier alpha value is -3.15. The first-order valence-corrected chi connectivity index (χ1v) is 7.06. The molecule has 0 saturated carbocycles. The van der Waals surface area contributed by atoms with E-state index in [4.69, 9.17) is 5.21 Å². The largest absolute Gasteiger partial charge is 0.410 e. The van der Waals surface area contributed by atoms with E-state index in [1.807, 2.05) is 37.3 Å². The van der Waals surface area contributed by atoms with E-state index in [0.717, 1.165) is 11.3 Å². The Labute approximate surface area is 134 Å². The Bertz CT molecular complexity index is 739. The van der Waals surface area contributed by atoms with Crippen LogP contribution in [0.15, 0.2) is 64.9 Å². The molecule has 1 amide bonds. The lowest BCUT2D eigenvalue weighted by molar-refractivity contribution is -0.110. The number of carbonyl (C=O) groups is 1. The molecule has 2 aromatic carbocycles. The number of hydrogen-bond acceptors (Lipinski definition) is 5. The number of hydrogen-bond donors (Lipinski definition) is 3. The van der Waals surface area contributed by atoms with E-state index < -0.39 is 5.91 Å². The quantitative estimate of drug-likeness (QED) is 0.450. The number of oxime groups is 1. The van der Waals surface area contributed by atoms with Crippen LogP contribution in [-0.2, 0) is 4.79 Å². The number of aryl methyl sites for hydroxylation is 1. The van der Waals surface area contributed by atoms with Gasteiger partial charge in [0.05, 0.1) is 11.4 Å². The molecule has 0 saturated heterocycles. The Morgan fingerprint density at radius 2 is 1.70 bits per heavy atom. The summed E-state index contributed by atoms with van der Waals surface area (Å²) in [7, 11) is 0. The summed E-state index contributed by atoms with van der Waals surface area (Å²) in [5.41, 5.74) is 5.41. The normalized spacial score (nSPS) is 11.9. The monoisotopic (exact) mass is 310 g/mol. The van der Waals surface area contributed by atoms with E-state index in [1.54, 1.807) is 31.2 Å². The first-order chi connectivity index (χ1) is 11.1. The van der Waals surface area contributed by atoms with Gasteiger partial charge in [0.15, 0.2) is 5.71 Å². The summed E-state index contributed by atoms with van der Waals surface area (Å²) in [6.07, 6.45) is 0. The van der Waals surface area contributed by atoms with Gasteiger partial charge in [0, 0.05) is 5.69 Å². The molecule has 2 rings (SSSR count). The zero-order valence-corrected chi connectivity index (χ0v) is 12.9. The zero-order valence-electron chi connectivity index (χ0n) is 12.9. The van der Waals surface area contributed by atoms with Gasteiger partial charge in [-0.1, -0.05) is 41.6 Å². The number of benzene rings is 2. The smallest absolute Gasteiger partial charge is 0.279 e. The van der Waals surface area contributed by atoms with Crippen molar-refractivity contribution in [2.45, 2.75) is 13.8 Å². The lowest BCUT2D eigenvalue weighted by Gasteiger charge is -2.08. The molecule has 0 radical (unpaired) electrons. The fraction of sp³-hybridized carbons (Fsp3) is 0.118. The molecule has 3 N–H and O–H groups in total. The van der Waals surface area contributed by atoms with Crippen LogP contribution in [0.25, 0.3) is 0 Å². The van der Waals surface area contributed by atoms with Crippen molar-refractivity contribution in [3.63, 3.8) is 0 Å². The van der Waals surface area contributed by atoms with E-state index in [-0.39, 0.29) is 11.4 Å². The highest BCUT2D eigenvalue weighted by molar-refractivity contribution is 6.68. The Kier molecular flexibility index (Phi) is 5.46. The lowest BCUT2D eigenvalue weighted by atomic mass is 10.2. The summed E-state index contributed by atoms with van der Waals surface area (Å²) >= 11 is 0. The van der Waals surface area contributed by atoms with E-state index in [2.05, 4.69) is 21.0 Å². The van der Waals surface area contributed by atoms with Crippen LogP contribution in [-0.4, -0.2) is 22.5 Å². The maximum Gasteiger partial charge on any atom is 0.279 e. The van der Waals surface area contributed by atoms with Crippen molar-refractivity contribution in [3.05, 3.63) is 60.2 Å². The third-order valence-corrected chi connectivity index (χ3v) is 3.18. The predicted molar refractivity (Wildman–Crippen MR) is 92.2 cm³/mol. The summed E-state index contributed by atoms with van der Waals surface area (Å²) in [6, 6.07) is 16.5. The van der Waals surface area contributed by atoms with Crippen molar-refractivity contribution >= 4 is 28.7 Å². The average Bonchev–Trinajstić information content (AvgIpc) is 2.55. The molecule has 0 bridgehead atoms. The minimum absolute atomic E-state index is 0.157. The van der Waals surface area contributed by atoms with Gasteiger partial charge >= 0.3 is 0 Å². The van der Waals surface area contributed by atoms with Gasteiger partial charge in [0.2, 0.25) is 0 Å². The molecule has 23 heavy (non-hydrogen) atoms. The number of para-hydroxylation sites is 2. The van der Waals surface area contributed by atoms with Gasteiger partial charge in [-0.15, -0.1) is 0 Å². The van der Waals surface area contributed by atoms with Crippen LogP contribution in [0.1, 0.15) is 12.5 Å². The molecule has 0 aliphatic rings. The lowest BCUT2D eigenvalue weighted by Crippen LogP contribution is -2.29. The maximum absolute atomic E-state index is 12.2. The fourth-order valence-corrected chi connectivity index (χ4v) is 1.89. The third kappa shape index (κ3) is 4.41. The minimum Gasteiger partial charge on any atom is -0.410 e. The summed E-state index contributed by atoms with van der Waals surface area (Å²) in [4.78, 5) is 12.2. The summed E-state index contributed by atoms with van der Waals surface area (Å²) in [6.45, 7) is 3.53. The van der Waals surface area contributed by atoms with E-state index in [1.165, 1.54) is 0 Å². The van der Waals surface area contributed by atoms with Crippen LogP contribution in [0.5, 0.6) is 0 Å². The van der Waals surface area contributed by atoms with Gasteiger partial charge in [-0.25, -0.2) is 0 Å². The van der Waals surface area contributed by atoms with Crippen LogP contribution in [0.4, 0.5) is 11.4 Å². The van der Waals surface area contributed by atoms with E-state index in [9.17, 15) is 4.79 Å². The fourth-order valence-electron chi connectivity index (χ4n) is 1.89.